The van der Waals surface area contributed by atoms with Gasteiger partial charge >= 0.3 is 0 Å². The molecule has 0 saturated carbocycles. The van der Waals surface area contributed by atoms with Crippen molar-refractivity contribution in [3.05, 3.63) is 89.9 Å². The summed E-state index contributed by atoms with van der Waals surface area (Å²) in [5.41, 5.74) is 17.5. The van der Waals surface area contributed by atoms with Gasteiger partial charge in [0.15, 0.2) is 11.5 Å². The van der Waals surface area contributed by atoms with Gasteiger partial charge in [-0.3, -0.25) is 25.8 Å². The van der Waals surface area contributed by atoms with Crippen LogP contribution in [0.1, 0.15) is 51.3 Å². The summed E-state index contributed by atoms with van der Waals surface area (Å²) in [6, 6.07) is 10.9. The Morgan fingerprint density at radius 2 is 1.78 bits per heavy atom. The summed E-state index contributed by atoms with van der Waals surface area (Å²) in [5.74, 6) is -0.0663. The highest BCUT2D eigenvalue weighted by molar-refractivity contribution is 5.98. The largest absolute Gasteiger partial charge is 0.493 e. The van der Waals surface area contributed by atoms with Crippen molar-refractivity contribution in [3.63, 3.8) is 0 Å². The lowest BCUT2D eigenvalue weighted by atomic mass is 10.0. The number of hydrogen-bond acceptors (Lipinski definition) is 8. The minimum Gasteiger partial charge on any atom is -0.493 e. The van der Waals surface area contributed by atoms with E-state index in [4.69, 9.17) is 31.1 Å². The number of amidine groups is 1. The van der Waals surface area contributed by atoms with Crippen molar-refractivity contribution in [1.29, 1.82) is 5.41 Å². The summed E-state index contributed by atoms with van der Waals surface area (Å²) in [5, 5.41) is 10.8. The van der Waals surface area contributed by atoms with Crippen LogP contribution in [0.4, 0.5) is 5.69 Å². The summed E-state index contributed by atoms with van der Waals surface area (Å²) in [4.78, 5) is 26.3. The molecule has 0 fully saturated rings. The van der Waals surface area contributed by atoms with Crippen LogP contribution in [0.15, 0.2) is 78.7 Å². The predicted octanol–water partition coefficient (Wildman–Crippen LogP) is 3.80. The van der Waals surface area contributed by atoms with E-state index < -0.39 is 17.9 Å². The van der Waals surface area contributed by atoms with Gasteiger partial charge in [-0.15, -0.1) is 0 Å². The number of nitrogens with two attached hydrogens (primary N) is 2. The van der Waals surface area contributed by atoms with Crippen molar-refractivity contribution in [1.82, 2.24) is 10.9 Å². The summed E-state index contributed by atoms with van der Waals surface area (Å²) in [7, 11) is 0. The average molecular weight is 565 g/mol. The number of anilines is 1. The molecule has 2 aromatic carbocycles. The van der Waals surface area contributed by atoms with Gasteiger partial charge < -0.3 is 31.0 Å². The number of amides is 2. The van der Waals surface area contributed by atoms with Crippen LogP contribution >= 0.6 is 0 Å². The van der Waals surface area contributed by atoms with Crippen molar-refractivity contribution >= 4 is 23.3 Å². The maximum absolute atomic E-state index is 13.5. The Bertz CT molecular complexity index is 1270. The molecule has 220 valence electrons. The molecule has 8 N–H and O–H groups in total. The van der Waals surface area contributed by atoms with Gasteiger partial charge in [0.25, 0.3) is 11.8 Å². The average Bonchev–Trinajstić information content (AvgIpc) is 2.95. The zero-order valence-corrected chi connectivity index (χ0v) is 24.0. The quantitative estimate of drug-likeness (QED) is 0.0473. The van der Waals surface area contributed by atoms with E-state index in [-0.39, 0.29) is 23.3 Å². The fourth-order valence-electron chi connectivity index (χ4n) is 3.51. The molecule has 1 atom stereocenters. The third-order valence-electron chi connectivity index (χ3n) is 5.42. The Balaban J connectivity index is 2.35. The monoisotopic (exact) mass is 564 g/mol. The van der Waals surface area contributed by atoms with Gasteiger partial charge in [-0.1, -0.05) is 19.6 Å². The van der Waals surface area contributed by atoms with Crippen LogP contribution in [0, 0.1) is 5.41 Å². The number of nitrogen functional groups attached to an aromatic ring is 1. The van der Waals surface area contributed by atoms with E-state index in [0.717, 1.165) is 6.42 Å². The first-order valence-electron chi connectivity index (χ1n) is 13.3. The molecule has 0 aromatic heterocycles. The van der Waals surface area contributed by atoms with E-state index in [2.05, 4.69) is 22.7 Å². The lowest BCUT2D eigenvalue weighted by Crippen LogP contribution is -2.46. The second kappa shape index (κ2) is 16.2. The Morgan fingerprint density at radius 1 is 1.07 bits per heavy atom. The third-order valence-corrected chi connectivity index (χ3v) is 5.42. The Labute approximate surface area is 241 Å². The molecule has 2 rings (SSSR count). The van der Waals surface area contributed by atoms with E-state index in [1.54, 1.807) is 42.5 Å². The molecule has 41 heavy (non-hydrogen) atoms. The van der Waals surface area contributed by atoms with Gasteiger partial charge in [-0.05, 0) is 87.5 Å². The number of allylic oxidation sites excluding steroid dienone is 2. The Hall–Kier alpha value is -4.93. The van der Waals surface area contributed by atoms with Gasteiger partial charge in [0, 0.05) is 11.3 Å². The van der Waals surface area contributed by atoms with Crippen LogP contribution in [0.5, 0.6) is 11.5 Å². The maximum Gasteiger partial charge on any atom is 0.272 e. The topological polar surface area (TPSA) is 174 Å². The molecular formula is C30H40N6O5. The number of nitrogens with one attached hydrogen (secondary N) is 4. The first-order valence-corrected chi connectivity index (χ1v) is 13.3. The van der Waals surface area contributed by atoms with Crippen LogP contribution in [-0.2, 0) is 14.3 Å². The van der Waals surface area contributed by atoms with Gasteiger partial charge in [0.2, 0.25) is 0 Å². The zero-order valence-electron chi connectivity index (χ0n) is 24.0. The van der Waals surface area contributed by atoms with Crippen LogP contribution in [0.2, 0.25) is 0 Å². The summed E-state index contributed by atoms with van der Waals surface area (Å²) in [6.45, 7) is 12.1. The Kier molecular flexibility index (Phi) is 12.8. The number of carbonyl (C=O) groups is 2. The number of carbonyl (C=O) groups excluding carboxylic acids is 2. The van der Waals surface area contributed by atoms with Gasteiger partial charge in [0.1, 0.15) is 17.6 Å². The molecule has 1 unspecified atom stereocenters. The lowest BCUT2D eigenvalue weighted by molar-refractivity contribution is -0.127. The smallest absolute Gasteiger partial charge is 0.272 e. The third kappa shape index (κ3) is 9.95. The van der Waals surface area contributed by atoms with Crippen LogP contribution in [0.3, 0.4) is 0 Å². The highest BCUT2D eigenvalue weighted by Gasteiger charge is 2.24. The molecule has 11 nitrogen and oxygen atoms in total. The molecular weight excluding hydrogens is 524 g/mol. The second-order valence-electron chi connectivity index (χ2n) is 9.06. The van der Waals surface area contributed by atoms with Crippen molar-refractivity contribution in [2.75, 3.05) is 18.5 Å². The van der Waals surface area contributed by atoms with E-state index in [9.17, 15) is 9.59 Å². The van der Waals surface area contributed by atoms with Gasteiger partial charge in [-0.25, -0.2) is 0 Å². The molecule has 2 aromatic rings. The number of hydrogen-bond donors (Lipinski definition) is 6. The minimum absolute atomic E-state index is 0.00926. The highest BCUT2D eigenvalue weighted by atomic mass is 16.5. The first-order chi connectivity index (χ1) is 19.6. The second-order valence-corrected chi connectivity index (χ2v) is 9.06. The molecule has 0 heterocycles. The molecule has 0 radical (unpaired) electrons. The summed E-state index contributed by atoms with van der Waals surface area (Å²) < 4.78 is 17.2. The summed E-state index contributed by atoms with van der Waals surface area (Å²) in [6.07, 6.45) is 4.98. The van der Waals surface area contributed by atoms with E-state index in [1.165, 1.54) is 18.4 Å². The number of ether oxygens (including phenoxy) is 3. The van der Waals surface area contributed by atoms with Gasteiger partial charge in [-0.2, -0.15) is 0 Å². The fraction of sp³-hybridized carbons (Fsp3) is 0.300. The maximum atomic E-state index is 13.5. The Morgan fingerprint density at radius 3 is 2.37 bits per heavy atom. The van der Waals surface area contributed by atoms with Gasteiger partial charge in [0.05, 0.1) is 24.9 Å². The molecule has 0 aliphatic rings. The van der Waals surface area contributed by atoms with Crippen molar-refractivity contribution < 1.29 is 23.8 Å². The standard InChI is InChI=1S/C30H40N6O5/c1-6-17-40-24(9-8-16-31)20(5)29(37)35-36-30(38)27(34-23-13-10-21(11-14-23)28(32)33)22-12-15-25(41-19(3)4)26(18-22)39-7-2/h8-16,18-19,27,34H,5-7,17,31H2,1-4H3,(H3,32,33)(H,35,37)(H,36,38)/b16-8-,24-9+. The van der Waals surface area contributed by atoms with E-state index in [0.29, 0.717) is 41.5 Å². The number of benzene rings is 2. The van der Waals surface area contributed by atoms with Crippen molar-refractivity contribution in [2.45, 2.75) is 46.3 Å². The van der Waals surface area contributed by atoms with E-state index >= 15 is 0 Å². The number of rotatable bonds is 15. The van der Waals surface area contributed by atoms with Crippen molar-refractivity contribution in [3.8, 4) is 11.5 Å². The molecule has 0 saturated heterocycles. The molecule has 0 spiro atoms. The fourth-order valence-corrected chi connectivity index (χ4v) is 3.51. The molecule has 11 heteroatoms. The minimum atomic E-state index is -0.967. The van der Waals surface area contributed by atoms with E-state index in [1.807, 2.05) is 27.7 Å². The summed E-state index contributed by atoms with van der Waals surface area (Å²) >= 11 is 0. The lowest BCUT2D eigenvalue weighted by Gasteiger charge is -2.22. The van der Waals surface area contributed by atoms with Crippen LogP contribution in [-0.4, -0.2) is 37.0 Å². The normalized spacial score (nSPS) is 12.0. The first kappa shape index (κ1) is 32.3. The van der Waals surface area contributed by atoms with Crippen molar-refractivity contribution in [2.24, 2.45) is 11.5 Å². The molecule has 0 aliphatic carbocycles. The molecule has 0 bridgehead atoms. The predicted molar refractivity (Wildman–Crippen MR) is 160 cm³/mol. The zero-order chi connectivity index (χ0) is 30.4. The molecule has 2 amide bonds. The van der Waals surface area contributed by atoms with Crippen LogP contribution < -0.4 is 37.1 Å². The highest BCUT2D eigenvalue weighted by Crippen LogP contribution is 2.33. The SMILES string of the molecule is C=C(C(=O)NNC(=O)C(Nc1ccc(C(=N)N)cc1)c1ccc(OC(C)C)c(OCC)c1)/C(=C\C=C/N)OCCC. The molecule has 0 aliphatic heterocycles. The van der Waals surface area contributed by atoms with Crippen LogP contribution in [0.25, 0.3) is 0 Å². The number of hydrazine groups is 1.